The maximum Gasteiger partial charge on any atom is 1.00 e. The van der Waals surface area contributed by atoms with E-state index >= 15 is 0 Å². The van der Waals surface area contributed by atoms with Gasteiger partial charge in [0.2, 0.25) is 0 Å². The number of rotatable bonds is 2. The average molecular weight is 297 g/mol. The Morgan fingerprint density at radius 2 is 1.30 bits per heavy atom. The van der Waals surface area contributed by atoms with Crippen LogP contribution in [0, 0.1) is 39.9 Å². The summed E-state index contributed by atoms with van der Waals surface area (Å²) in [5.41, 5.74) is 0. The molecule has 0 aliphatic heterocycles. The van der Waals surface area contributed by atoms with Crippen LogP contribution in [0.5, 0.6) is 0 Å². The maximum absolute atomic E-state index is 9.55. The molecule has 0 unspecified atom stereocenters. The van der Waals surface area contributed by atoms with Gasteiger partial charge in [0, 0.05) is 52.1 Å². The van der Waals surface area contributed by atoms with E-state index in [1.165, 1.54) is 0 Å². The summed E-state index contributed by atoms with van der Waals surface area (Å²) in [6, 6.07) is 0. The molecule has 0 rings (SSSR count). The number of aliphatic carboxylic acids is 2. The van der Waals surface area contributed by atoms with Gasteiger partial charge in [-0.1, -0.05) is 0 Å². The van der Waals surface area contributed by atoms with Crippen LogP contribution in [0.4, 0.5) is 0 Å². The zero-order valence-corrected chi connectivity index (χ0v) is 9.49. The molecule has 0 fully saturated rings. The normalized spacial score (nSPS) is 7.60. The zero-order valence-electron chi connectivity index (χ0n) is 6.22. The van der Waals surface area contributed by atoms with Crippen LogP contribution in [0.2, 0.25) is 0 Å². The molecule has 0 aliphatic carbocycles. The van der Waals surface area contributed by atoms with E-state index < -0.39 is 11.9 Å². The first-order chi connectivity index (χ1) is 3.63. The molecular formula is C4H5GdNaO4. The number of hydrogen-bond acceptors (Lipinski definition) is 2. The quantitative estimate of drug-likeness (QED) is 0.416. The van der Waals surface area contributed by atoms with Crippen LogP contribution in [-0.4, -0.2) is 22.2 Å². The number of hydrogen-bond donors (Lipinski definition) is 2. The second-order valence-corrected chi connectivity index (χ2v) is 1.01. The average Bonchev–Trinajstić information content (AvgIpc) is 1.61. The van der Waals surface area contributed by atoms with Crippen molar-refractivity contribution < 1.29 is 90.7 Å². The van der Waals surface area contributed by atoms with Crippen molar-refractivity contribution in [3.63, 3.8) is 0 Å². The summed E-state index contributed by atoms with van der Waals surface area (Å²) in [5, 5.41) is 15.6. The van der Waals surface area contributed by atoms with Gasteiger partial charge in [-0.25, -0.2) is 9.59 Å². The summed E-state index contributed by atoms with van der Waals surface area (Å²) in [7, 11) is 0. The summed E-state index contributed by atoms with van der Waals surface area (Å²) in [4.78, 5) is 19.1. The van der Waals surface area contributed by atoms with Crippen LogP contribution in [0.1, 0.15) is 1.43 Å². The van der Waals surface area contributed by atoms with Crippen molar-refractivity contribution in [1.29, 1.82) is 0 Å². The van der Waals surface area contributed by atoms with Gasteiger partial charge in [0.25, 0.3) is 0 Å². The Morgan fingerprint density at radius 3 is 1.40 bits per heavy atom. The fourth-order valence-electron chi connectivity index (χ4n) is 0.143. The minimum atomic E-state index is -1.26. The molecule has 0 aromatic rings. The first kappa shape index (κ1) is 17.2. The van der Waals surface area contributed by atoms with Crippen molar-refractivity contribution in [3.05, 3.63) is 12.2 Å². The summed E-state index contributed by atoms with van der Waals surface area (Å²) < 4.78 is 0. The monoisotopic (exact) mass is 298 g/mol. The van der Waals surface area contributed by atoms with E-state index in [4.69, 9.17) is 10.2 Å². The number of carboxylic acid groups (broad SMARTS) is 2. The summed E-state index contributed by atoms with van der Waals surface area (Å²) in [6.45, 7) is 0. The van der Waals surface area contributed by atoms with Gasteiger partial charge in [0.1, 0.15) is 0 Å². The molecule has 0 atom stereocenters. The Morgan fingerprint density at radius 1 is 1.10 bits per heavy atom. The van der Waals surface area contributed by atoms with Gasteiger partial charge in [-0.2, -0.15) is 0 Å². The summed E-state index contributed by atoms with van der Waals surface area (Å²) >= 11 is 0. The van der Waals surface area contributed by atoms with E-state index in [1.54, 1.807) is 0 Å². The molecular weight excluding hydrogens is 292 g/mol. The third-order valence-electron chi connectivity index (χ3n) is 0.368. The Labute approximate surface area is 113 Å². The zero-order chi connectivity index (χ0) is 6.57. The minimum absolute atomic E-state index is 0. The molecule has 0 spiro atoms. The molecule has 0 heterocycles. The Balaban J connectivity index is -0.0000000817. The molecule has 6 heteroatoms. The standard InChI is InChI=1S/C4H4O4.Gd.Na.H/c5-3(6)1-2-4(7)8;;;/h1-2H,(H,5,6)(H,7,8);;;/q;;+1;-1/b2-1-;;;. The van der Waals surface area contributed by atoms with E-state index in [1.807, 2.05) is 0 Å². The molecule has 0 amide bonds. The molecule has 0 aromatic heterocycles. The second kappa shape index (κ2) is 10.0. The molecule has 0 aromatic carbocycles. The second-order valence-electron chi connectivity index (χ2n) is 1.01. The van der Waals surface area contributed by atoms with Crippen LogP contribution in [0.3, 0.4) is 0 Å². The van der Waals surface area contributed by atoms with Crippen molar-refractivity contribution in [2.24, 2.45) is 0 Å². The van der Waals surface area contributed by atoms with Gasteiger partial charge in [-0.05, 0) is 0 Å². The smallest absolute Gasteiger partial charge is 1.00 e. The van der Waals surface area contributed by atoms with Crippen molar-refractivity contribution in [2.45, 2.75) is 0 Å². The Hall–Kier alpha value is 1.00. The van der Waals surface area contributed by atoms with Crippen LogP contribution in [0.25, 0.3) is 0 Å². The fourth-order valence-corrected chi connectivity index (χ4v) is 0.143. The predicted octanol–water partition coefficient (Wildman–Crippen LogP) is -3.17. The molecule has 0 bridgehead atoms. The molecule has 2 N–H and O–H groups in total. The summed E-state index contributed by atoms with van der Waals surface area (Å²) in [5.74, 6) is -2.51. The van der Waals surface area contributed by atoms with Crippen molar-refractivity contribution in [3.8, 4) is 0 Å². The van der Waals surface area contributed by atoms with E-state index in [9.17, 15) is 9.59 Å². The number of carbonyl (C=O) groups is 2. The van der Waals surface area contributed by atoms with E-state index in [0.717, 1.165) is 0 Å². The maximum atomic E-state index is 9.55. The van der Waals surface area contributed by atoms with Crippen LogP contribution in [0.15, 0.2) is 12.2 Å². The predicted molar refractivity (Wildman–Crippen MR) is 25.5 cm³/mol. The topological polar surface area (TPSA) is 74.6 Å². The fraction of sp³-hybridized carbons (Fsp3) is 0. The van der Waals surface area contributed by atoms with E-state index in [-0.39, 0.29) is 70.9 Å². The van der Waals surface area contributed by atoms with Gasteiger partial charge in [0.15, 0.2) is 0 Å². The van der Waals surface area contributed by atoms with Gasteiger partial charge < -0.3 is 11.6 Å². The number of carboxylic acids is 2. The minimum Gasteiger partial charge on any atom is -1.00 e. The van der Waals surface area contributed by atoms with Crippen LogP contribution < -0.4 is 29.6 Å². The third-order valence-corrected chi connectivity index (χ3v) is 0.368. The SMILES string of the molecule is O=C(O)/C=C\C(=O)O.[Gd].[H-].[Na+]. The van der Waals surface area contributed by atoms with E-state index in [0.29, 0.717) is 12.2 Å². The van der Waals surface area contributed by atoms with Gasteiger partial charge in [-0.3, -0.25) is 0 Å². The van der Waals surface area contributed by atoms with Crippen molar-refractivity contribution >= 4 is 11.9 Å². The third kappa shape index (κ3) is 16.0. The molecule has 0 saturated carbocycles. The Bertz CT molecular complexity index is 133. The molecule has 0 aliphatic rings. The van der Waals surface area contributed by atoms with Crippen LogP contribution in [-0.2, 0) is 9.59 Å². The first-order valence-electron chi connectivity index (χ1n) is 1.77. The van der Waals surface area contributed by atoms with Gasteiger partial charge in [-0.15, -0.1) is 0 Å². The molecule has 54 valence electrons. The summed E-state index contributed by atoms with van der Waals surface area (Å²) in [6.07, 6.45) is 1.12. The van der Waals surface area contributed by atoms with E-state index in [2.05, 4.69) is 0 Å². The largest absolute Gasteiger partial charge is 1.00 e. The molecule has 4 nitrogen and oxygen atoms in total. The molecule has 10 heavy (non-hydrogen) atoms. The van der Waals surface area contributed by atoms with Gasteiger partial charge >= 0.3 is 41.5 Å². The first-order valence-corrected chi connectivity index (χ1v) is 1.77. The molecule has 0 saturated heterocycles. The van der Waals surface area contributed by atoms with Crippen molar-refractivity contribution in [1.82, 2.24) is 0 Å². The van der Waals surface area contributed by atoms with Crippen molar-refractivity contribution in [2.75, 3.05) is 0 Å². The Kier molecular flexibility index (Phi) is 17.2. The van der Waals surface area contributed by atoms with Gasteiger partial charge in [0.05, 0.1) is 0 Å². The molecule has 0 radical (unpaired) electrons. The van der Waals surface area contributed by atoms with Crippen LogP contribution >= 0.6 is 0 Å².